The van der Waals surface area contributed by atoms with E-state index in [1.165, 1.54) is 17.4 Å². The van der Waals surface area contributed by atoms with Crippen molar-refractivity contribution in [3.05, 3.63) is 41.5 Å². The van der Waals surface area contributed by atoms with Crippen LogP contribution >= 0.6 is 11.3 Å². The number of hydrogen-bond acceptors (Lipinski definition) is 7. The number of nitrogens with one attached hydrogen (secondary N) is 1. The summed E-state index contributed by atoms with van der Waals surface area (Å²) in [4.78, 5) is 20.0. The number of anilines is 2. The normalized spacial score (nSPS) is 10.4. The molecule has 3 aromatic heterocycles. The van der Waals surface area contributed by atoms with E-state index < -0.39 is 5.91 Å². The molecule has 7 nitrogen and oxygen atoms in total. The Kier molecular flexibility index (Phi) is 3.13. The van der Waals surface area contributed by atoms with Gasteiger partial charge in [-0.05, 0) is 12.1 Å². The fraction of sp³-hybridized carbons (Fsp3) is 0. The topological polar surface area (TPSA) is 107 Å². The van der Waals surface area contributed by atoms with E-state index in [4.69, 9.17) is 10.3 Å². The van der Waals surface area contributed by atoms with E-state index in [1.54, 1.807) is 29.8 Å². The molecule has 0 aliphatic rings. The van der Waals surface area contributed by atoms with Gasteiger partial charge < -0.3 is 15.6 Å². The summed E-state index contributed by atoms with van der Waals surface area (Å²) in [5.74, 6) is 0.436. The second-order valence-electron chi connectivity index (χ2n) is 3.82. The smallest absolute Gasteiger partial charge is 0.279 e. The van der Waals surface area contributed by atoms with Crippen molar-refractivity contribution in [1.29, 1.82) is 0 Å². The molecule has 0 radical (unpaired) electrons. The summed E-state index contributed by atoms with van der Waals surface area (Å²) in [5, 5.41) is 8.48. The van der Waals surface area contributed by atoms with Crippen molar-refractivity contribution < 1.29 is 9.32 Å². The third kappa shape index (κ3) is 2.50. The number of amides is 1. The number of carbonyl (C=O) groups is 1. The molecule has 3 aromatic rings. The van der Waals surface area contributed by atoms with Crippen molar-refractivity contribution in [2.75, 3.05) is 11.1 Å². The summed E-state index contributed by atoms with van der Waals surface area (Å²) < 4.78 is 5.08. The van der Waals surface area contributed by atoms with Crippen LogP contribution in [0.3, 0.4) is 0 Å². The Labute approximate surface area is 117 Å². The lowest BCUT2D eigenvalue weighted by molar-refractivity contribution is 0.101. The van der Waals surface area contributed by atoms with Crippen LogP contribution < -0.4 is 11.1 Å². The lowest BCUT2D eigenvalue weighted by atomic mass is 10.3. The molecule has 0 saturated carbocycles. The zero-order valence-corrected chi connectivity index (χ0v) is 10.9. The van der Waals surface area contributed by atoms with Crippen LogP contribution in [0.2, 0.25) is 0 Å². The Hall–Kier alpha value is -2.74. The number of hydrogen-bond donors (Lipinski definition) is 2. The molecule has 3 N–H and O–H groups in total. The second kappa shape index (κ2) is 5.10. The molecule has 0 atom stereocenters. The van der Waals surface area contributed by atoms with Gasteiger partial charge in [-0.2, -0.15) is 0 Å². The van der Waals surface area contributed by atoms with Crippen molar-refractivity contribution in [3.8, 4) is 11.5 Å². The van der Waals surface area contributed by atoms with Crippen molar-refractivity contribution in [3.63, 3.8) is 0 Å². The summed E-state index contributed by atoms with van der Waals surface area (Å²) in [6.45, 7) is 0. The molecule has 3 heterocycles. The molecule has 20 heavy (non-hydrogen) atoms. The van der Waals surface area contributed by atoms with Gasteiger partial charge in [0, 0.05) is 17.6 Å². The van der Waals surface area contributed by atoms with Gasteiger partial charge in [0.25, 0.3) is 5.91 Å². The predicted octanol–water partition coefficient (Wildman–Crippen LogP) is 2.03. The lowest BCUT2D eigenvalue weighted by Crippen LogP contribution is -2.12. The highest BCUT2D eigenvalue weighted by molar-refractivity contribution is 7.13. The van der Waals surface area contributed by atoms with Crippen LogP contribution in [0.4, 0.5) is 10.9 Å². The van der Waals surface area contributed by atoms with Gasteiger partial charge in [0.2, 0.25) is 0 Å². The van der Waals surface area contributed by atoms with Crippen LogP contribution in [0.5, 0.6) is 0 Å². The molecule has 0 saturated heterocycles. The van der Waals surface area contributed by atoms with Crippen LogP contribution in [0.1, 0.15) is 10.5 Å². The summed E-state index contributed by atoms with van der Waals surface area (Å²) >= 11 is 1.29. The highest BCUT2D eigenvalue weighted by atomic mass is 32.1. The number of nitrogens with zero attached hydrogens (tertiary/aromatic N) is 3. The van der Waals surface area contributed by atoms with E-state index in [1.807, 2.05) is 0 Å². The van der Waals surface area contributed by atoms with E-state index in [0.717, 1.165) is 0 Å². The Morgan fingerprint density at radius 3 is 3.00 bits per heavy atom. The van der Waals surface area contributed by atoms with Crippen LogP contribution in [-0.2, 0) is 0 Å². The first-order valence-corrected chi connectivity index (χ1v) is 6.51. The largest absolute Gasteiger partial charge is 0.375 e. The first-order chi connectivity index (χ1) is 9.72. The van der Waals surface area contributed by atoms with E-state index >= 15 is 0 Å². The van der Waals surface area contributed by atoms with Gasteiger partial charge in [0.1, 0.15) is 11.5 Å². The van der Waals surface area contributed by atoms with Crippen LogP contribution in [0, 0.1) is 0 Å². The minimum atomic E-state index is -0.401. The molecule has 0 bridgehead atoms. The predicted molar refractivity (Wildman–Crippen MR) is 74.2 cm³/mol. The Morgan fingerprint density at radius 2 is 2.30 bits per heavy atom. The number of rotatable bonds is 3. The highest BCUT2D eigenvalue weighted by Crippen LogP contribution is 2.23. The highest BCUT2D eigenvalue weighted by Gasteiger charge is 2.15. The fourth-order valence-electron chi connectivity index (χ4n) is 1.52. The maximum absolute atomic E-state index is 11.9. The summed E-state index contributed by atoms with van der Waals surface area (Å²) in [6, 6.07) is 6.72. The standard InChI is InChI=1S/C12H9N5O2S/c13-12-15-8(6-20-12)9-5-7(17-19-9)11(18)16-10-3-1-2-4-14-10/h1-6H,(H2,13,15)(H,14,16,18). The van der Waals surface area contributed by atoms with Gasteiger partial charge in [-0.1, -0.05) is 11.2 Å². The molecule has 0 unspecified atom stereocenters. The summed E-state index contributed by atoms with van der Waals surface area (Å²) in [7, 11) is 0. The average molecular weight is 287 g/mol. The molecule has 0 fully saturated rings. The van der Waals surface area contributed by atoms with Gasteiger partial charge in [0.05, 0.1) is 0 Å². The number of thiazole rings is 1. The monoisotopic (exact) mass is 287 g/mol. The van der Waals surface area contributed by atoms with E-state index in [-0.39, 0.29) is 5.69 Å². The molecule has 1 amide bonds. The van der Waals surface area contributed by atoms with Gasteiger partial charge >= 0.3 is 0 Å². The lowest BCUT2D eigenvalue weighted by Gasteiger charge is -1.99. The molecular formula is C12H9N5O2S. The van der Waals surface area contributed by atoms with E-state index in [0.29, 0.717) is 22.4 Å². The van der Waals surface area contributed by atoms with Gasteiger partial charge in [-0.25, -0.2) is 9.97 Å². The first kappa shape index (κ1) is 12.3. The maximum Gasteiger partial charge on any atom is 0.279 e. The number of pyridine rings is 1. The first-order valence-electron chi connectivity index (χ1n) is 5.63. The van der Waals surface area contributed by atoms with E-state index in [2.05, 4.69) is 20.4 Å². The molecule has 8 heteroatoms. The minimum absolute atomic E-state index is 0.150. The number of nitrogens with two attached hydrogens (primary N) is 1. The maximum atomic E-state index is 11.9. The summed E-state index contributed by atoms with van der Waals surface area (Å²) in [6.07, 6.45) is 1.59. The van der Waals surface area contributed by atoms with Gasteiger partial charge in [-0.3, -0.25) is 4.79 Å². The third-order valence-electron chi connectivity index (χ3n) is 2.42. The van der Waals surface area contributed by atoms with Gasteiger partial charge in [-0.15, -0.1) is 11.3 Å². The van der Waals surface area contributed by atoms with Gasteiger partial charge in [0.15, 0.2) is 16.6 Å². The molecule has 0 aromatic carbocycles. The minimum Gasteiger partial charge on any atom is -0.375 e. The number of carbonyl (C=O) groups excluding carboxylic acids is 1. The fourth-order valence-corrected chi connectivity index (χ4v) is 2.07. The molecule has 0 aliphatic heterocycles. The zero-order valence-electron chi connectivity index (χ0n) is 10.1. The summed E-state index contributed by atoms with van der Waals surface area (Å²) in [5.41, 5.74) is 6.25. The molecular weight excluding hydrogens is 278 g/mol. The zero-order chi connectivity index (χ0) is 13.9. The van der Waals surface area contributed by atoms with Crippen molar-refractivity contribution in [1.82, 2.24) is 15.1 Å². The van der Waals surface area contributed by atoms with Crippen LogP contribution in [0.15, 0.2) is 40.4 Å². The SMILES string of the molecule is Nc1nc(-c2cc(C(=O)Nc3ccccn3)no2)cs1. The van der Waals surface area contributed by atoms with Crippen LogP contribution in [0.25, 0.3) is 11.5 Å². The molecule has 3 rings (SSSR count). The quantitative estimate of drug-likeness (QED) is 0.763. The third-order valence-corrected chi connectivity index (χ3v) is 3.10. The Balaban J connectivity index is 1.78. The van der Waals surface area contributed by atoms with Crippen molar-refractivity contribution in [2.24, 2.45) is 0 Å². The Morgan fingerprint density at radius 1 is 1.40 bits per heavy atom. The van der Waals surface area contributed by atoms with Crippen molar-refractivity contribution >= 4 is 28.2 Å². The molecule has 0 spiro atoms. The molecule has 0 aliphatic carbocycles. The van der Waals surface area contributed by atoms with Crippen LogP contribution in [-0.4, -0.2) is 21.0 Å². The number of nitrogen functional groups attached to an aromatic ring is 1. The van der Waals surface area contributed by atoms with E-state index in [9.17, 15) is 4.79 Å². The second-order valence-corrected chi connectivity index (χ2v) is 4.71. The van der Waals surface area contributed by atoms with Crippen molar-refractivity contribution in [2.45, 2.75) is 0 Å². The number of aromatic nitrogens is 3. The molecule has 100 valence electrons. The average Bonchev–Trinajstić information content (AvgIpc) is 3.08. The Bertz CT molecular complexity index is 737.